The van der Waals surface area contributed by atoms with Crippen LogP contribution in [0.1, 0.15) is 11.1 Å². The summed E-state index contributed by atoms with van der Waals surface area (Å²) in [6, 6.07) is 5.16. The van der Waals surface area contributed by atoms with E-state index in [1.54, 1.807) is 7.05 Å². The number of carboxylic acid groups (broad SMARTS) is 1. The molecule has 5 N–H and O–H groups in total. The average molecular weight is 357 g/mol. The number of fused-ring (bicyclic) bond motifs is 1. The van der Waals surface area contributed by atoms with Crippen molar-refractivity contribution in [2.24, 2.45) is 10.7 Å². The van der Waals surface area contributed by atoms with Gasteiger partial charge in [-0.05, 0) is 23.3 Å². The normalized spacial score (nSPS) is 22.6. The third-order valence-corrected chi connectivity index (χ3v) is 4.81. The summed E-state index contributed by atoms with van der Waals surface area (Å²) < 4.78 is 0. The molecule has 1 heterocycles. The van der Waals surface area contributed by atoms with Crippen molar-refractivity contribution in [3.05, 3.63) is 41.1 Å². The molecule has 0 bridgehead atoms. The van der Waals surface area contributed by atoms with Gasteiger partial charge in [0.1, 0.15) is 17.1 Å². The maximum absolute atomic E-state index is 12.3. The van der Waals surface area contributed by atoms with E-state index >= 15 is 0 Å². The summed E-state index contributed by atoms with van der Waals surface area (Å²) in [5.74, 6) is -1.23. The van der Waals surface area contributed by atoms with Crippen molar-refractivity contribution < 1.29 is 19.5 Å². The van der Waals surface area contributed by atoms with Crippen LogP contribution in [0.2, 0.25) is 0 Å². The van der Waals surface area contributed by atoms with Crippen LogP contribution >= 0.6 is 0 Å². The van der Waals surface area contributed by atoms with Gasteiger partial charge in [0.15, 0.2) is 0 Å². The fourth-order valence-corrected chi connectivity index (χ4v) is 3.29. The summed E-state index contributed by atoms with van der Waals surface area (Å²) in [7, 11) is 3.13. The Kier molecular flexibility index (Phi) is 4.15. The Morgan fingerprint density at radius 3 is 2.65 bits per heavy atom. The van der Waals surface area contributed by atoms with Crippen LogP contribution in [0.4, 0.5) is 10.5 Å². The number of aliphatic carboxylic acids is 1. The Balaban J connectivity index is 1.84. The van der Waals surface area contributed by atoms with Gasteiger partial charge in [-0.25, -0.2) is 9.59 Å². The molecule has 2 aliphatic rings. The molecule has 9 nitrogen and oxygen atoms in total. The van der Waals surface area contributed by atoms with Gasteiger partial charge in [-0.3, -0.25) is 15.1 Å². The van der Waals surface area contributed by atoms with Gasteiger partial charge in [-0.15, -0.1) is 0 Å². The molecule has 0 aromatic heterocycles. The van der Waals surface area contributed by atoms with E-state index < -0.39 is 17.5 Å². The summed E-state index contributed by atoms with van der Waals surface area (Å²) in [6.07, 6.45) is 2.10. The number of nitrogens with zero attached hydrogens (tertiary/aromatic N) is 2. The van der Waals surface area contributed by atoms with Gasteiger partial charge >= 0.3 is 12.0 Å². The number of carbonyl (C=O) groups excluding carboxylic acids is 2. The largest absolute Gasteiger partial charge is 0.477 e. The van der Waals surface area contributed by atoms with Crippen molar-refractivity contribution in [2.75, 3.05) is 19.4 Å². The number of amides is 3. The predicted molar refractivity (Wildman–Crippen MR) is 94.8 cm³/mol. The van der Waals surface area contributed by atoms with Crippen molar-refractivity contribution in [1.29, 1.82) is 0 Å². The number of carbonyl (C=O) groups is 3. The Morgan fingerprint density at radius 1 is 1.38 bits per heavy atom. The number of imide groups is 1. The van der Waals surface area contributed by atoms with Crippen LogP contribution in [-0.2, 0) is 22.4 Å². The Labute approximate surface area is 149 Å². The van der Waals surface area contributed by atoms with E-state index in [-0.39, 0.29) is 11.6 Å². The van der Waals surface area contributed by atoms with Crippen LogP contribution in [0.5, 0.6) is 0 Å². The highest BCUT2D eigenvalue weighted by molar-refractivity contribution is 6.08. The lowest BCUT2D eigenvalue weighted by Gasteiger charge is -2.27. The smallest absolute Gasteiger partial charge is 0.351 e. The number of nitrogens with one attached hydrogen (secondary N) is 2. The Bertz CT molecular complexity index is 876. The molecule has 3 rings (SSSR count). The molecule has 1 atom stereocenters. The number of amidine groups is 1. The second-order valence-electron chi connectivity index (χ2n) is 6.33. The zero-order valence-electron chi connectivity index (χ0n) is 14.4. The summed E-state index contributed by atoms with van der Waals surface area (Å²) in [6.45, 7) is 0. The van der Waals surface area contributed by atoms with Gasteiger partial charge in [-0.1, -0.05) is 6.07 Å². The van der Waals surface area contributed by atoms with Crippen LogP contribution < -0.4 is 16.4 Å². The molecule has 1 aromatic carbocycles. The number of hydrogen-bond acceptors (Lipinski definition) is 5. The summed E-state index contributed by atoms with van der Waals surface area (Å²) in [4.78, 5) is 40.4. The molecule has 0 saturated carbocycles. The number of carboxylic acids is 1. The molecule has 136 valence electrons. The third-order valence-electron chi connectivity index (χ3n) is 4.81. The number of rotatable bonds is 3. The second kappa shape index (κ2) is 6.17. The van der Waals surface area contributed by atoms with E-state index in [1.165, 1.54) is 18.0 Å². The van der Waals surface area contributed by atoms with Crippen LogP contribution in [0.3, 0.4) is 0 Å². The third kappa shape index (κ3) is 2.77. The molecular formula is C17H19N5O4. The van der Waals surface area contributed by atoms with Gasteiger partial charge in [0, 0.05) is 38.7 Å². The van der Waals surface area contributed by atoms with E-state index in [0.29, 0.717) is 24.4 Å². The van der Waals surface area contributed by atoms with Crippen LogP contribution in [-0.4, -0.2) is 53.4 Å². The minimum Gasteiger partial charge on any atom is -0.477 e. The van der Waals surface area contributed by atoms with Crippen LogP contribution in [0, 0.1) is 0 Å². The van der Waals surface area contributed by atoms with Gasteiger partial charge < -0.3 is 21.1 Å². The first kappa shape index (κ1) is 17.5. The number of nitrogens with two attached hydrogens (primary N) is 1. The van der Waals surface area contributed by atoms with E-state index in [0.717, 1.165) is 11.1 Å². The van der Waals surface area contributed by atoms with Gasteiger partial charge in [0.2, 0.25) is 0 Å². The lowest BCUT2D eigenvalue weighted by Crippen LogP contribution is -2.48. The van der Waals surface area contributed by atoms with E-state index in [2.05, 4.69) is 15.6 Å². The van der Waals surface area contributed by atoms with Crippen LogP contribution in [0.25, 0.3) is 0 Å². The Hall–Kier alpha value is -3.36. The summed E-state index contributed by atoms with van der Waals surface area (Å²) in [5, 5.41) is 14.2. The molecule has 1 unspecified atom stereocenters. The fourth-order valence-electron chi connectivity index (χ4n) is 3.29. The monoisotopic (exact) mass is 357 g/mol. The number of urea groups is 1. The van der Waals surface area contributed by atoms with Crippen molar-refractivity contribution in [3.63, 3.8) is 0 Å². The second-order valence-corrected chi connectivity index (χ2v) is 6.33. The van der Waals surface area contributed by atoms with E-state index in [1.807, 2.05) is 18.2 Å². The van der Waals surface area contributed by atoms with Gasteiger partial charge in [0.25, 0.3) is 5.91 Å². The first-order valence-corrected chi connectivity index (χ1v) is 7.92. The zero-order chi connectivity index (χ0) is 19.1. The fraction of sp³-hybridized carbons (Fsp3) is 0.294. The SMILES string of the molecule is CN=C(/C=C(\N)C(=O)O)Nc1ccc2c(c1)CC1(C2)C(=O)NC(=O)N1C. The maximum atomic E-state index is 12.3. The van der Waals surface area contributed by atoms with Crippen molar-refractivity contribution in [1.82, 2.24) is 10.2 Å². The molecule has 1 saturated heterocycles. The highest BCUT2D eigenvalue weighted by atomic mass is 16.4. The lowest BCUT2D eigenvalue weighted by atomic mass is 9.95. The van der Waals surface area contributed by atoms with E-state index in [4.69, 9.17) is 10.8 Å². The molecule has 1 fully saturated rings. The van der Waals surface area contributed by atoms with Gasteiger partial charge in [-0.2, -0.15) is 0 Å². The first-order chi connectivity index (χ1) is 12.3. The molecular weight excluding hydrogens is 338 g/mol. The molecule has 1 aliphatic heterocycles. The topological polar surface area (TPSA) is 137 Å². The molecule has 0 radical (unpaired) electrons. The van der Waals surface area contributed by atoms with Crippen LogP contribution in [0.15, 0.2) is 35.0 Å². The molecule has 9 heteroatoms. The number of hydrogen-bond donors (Lipinski definition) is 4. The minimum absolute atomic E-state index is 0.288. The summed E-state index contributed by atoms with van der Waals surface area (Å²) in [5.41, 5.74) is 6.82. The predicted octanol–water partition coefficient (Wildman–Crippen LogP) is 0.0730. The van der Waals surface area contributed by atoms with Crippen molar-refractivity contribution in [2.45, 2.75) is 18.4 Å². The highest BCUT2D eigenvalue weighted by Crippen LogP contribution is 2.38. The molecule has 1 spiro atoms. The van der Waals surface area contributed by atoms with Crippen molar-refractivity contribution in [3.8, 4) is 0 Å². The zero-order valence-corrected chi connectivity index (χ0v) is 14.4. The number of benzene rings is 1. The molecule has 3 amide bonds. The van der Waals surface area contributed by atoms with Gasteiger partial charge in [0.05, 0.1) is 0 Å². The molecule has 1 aromatic rings. The maximum Gasteiger partial charge on any atom is 0.351 e. The molecule has 26 heavy (non-hydrogen) atoms. The van der Waals surface area contributed by atoms with Crippen molar-refractivity contribution >= 4 is 29.4 Å². The number of aliphatic imine (C=N–C) groups is 1. The van der Waals surface area contributed by atoms with E-state index in [9.17, 15) is 14.4 Å². The minimum atomic E-state index is -1.23. The molecule has 1 aliphatic carbocycles. The number of anilines is 1. The standard InChI is InChI=1S/C17H19N5O4/c1-19-13(6-12(18)14(23)24)20-11-4-3-9-7-17(8-10(9)5-11)15(25)21-16(26)22(17)2/h3-6H,7-8,18H2,1-2H3,(H,19,20)(H,23,24)(H,21,25,26)/b12-6-. The quantitative estimate of drug-likeness (QED) is 0.261. The highest BCUT2D eigenvalue weighted by Gasteiger charge is 2.54. The Morgan fingerprint density at radius 2 is 2.08 bits per heavy atom. The lowest BCUT2D eigenvalue weighted by molar-refractivity contribution is -0.132. The number of likely N-dealkylation sites (N-methyl/N-ethyl adjacent to an activating group) is 1. The average Bonchev–Trinajstić information content (AvgIpc) is 3.08. The first-order valence-electron chi connectivity index (χ1n) is 7.92. The summed E-state index contributed by atoms with van der Waals surface area (Å²) >= 11 is 0.